The molecule has 0 radical (unpaired) electrons. The number of nitrogens with zero attached hydrogens (tertiary/aromatic N) is 6. The summed E-state index contributed by atoms with van der Waals surface area (Å²) in [7, 11) is 0. The quantitative estimate of drug-likeness (QED) is 0.666. The van der Waals surface area contributed by atoms with E-state index in [2.05, 4.69) is 20.2 Å². The van der Waals surface area contributed by atoms with Crippen molar-refractivity contribution in [1.29, 1.82) is 0 Å². The van der Waals surface area contributed by atoms with E-state index in [0.717, 1.165) is 9.36 Å². The molecule has 0 aromatic carbocycles. The van der Waals surface area contributed by atoms with E-state index < -0.39 is 12.1 Å². The summed E-state index contributed by atoms with van der Waals surface area (Å²) in [5, 5.41) is 6.96. The summed E-state index contributed by atoms with van der Waals surface area (Å²) in [4.78, 5) is 18.7. The second-order valence-electron chi connectivity index (χ2n) is 2.69. The third-order valence-corrected chi connectivity index (χ3v) is 1.76. The minimum absolute atomic E-state index is 0.244. The SMILES string of the molecule is CCc1nc(F)nn1C(=O)n1cncn1. The van der Waals surface area contributed by atoms with Crippen molar-refractivity contribution in [3.8, 4) is 0 Å². The lowest BCUT2D eigenvalue weighted by Gasteiger charge is -2.00. The Kier molecular flexibility index (Phi) is 2.24. The molecule has 2 heterocycles. The first-order valence-corrected chi connectivity index (χ1v) is 4.23. The van der Waals surface area contributed by atoms with Crippen LogP contribution in [-0.2, 0) is 6.42 Å². The Labute approximate surface area is 83.6 Å². The molecule has 15 heavy (non-hydrogen) atoms. The molecular weight excluding hydrogens is 203 g/mol. The smallest absolute Gasteiger partial charge is 0.243 e. The lowest BCUT2D eigenvalue weighted by Crippen LogP contribution is -2.23. The summed E-state index contributed by atoms with van der Waals surface area (Å²) in [6.45, 7) is 1.74. The molecule has 0 saturated heterocycles. The molecule has 2 rings (SSSR count). The number of carbonyl (C=O) groups is 1. The molecule has 0 bridgehead atoms. The topological polar surface area (TPSA) is 78.5 Å². The largest absolute Gasteiger partial charge is 0.372 e. The van der Waals surface area contributed by atoms with Crippen LogP contribution in [0.2, 0.25) is 0 Å². The van der Waals surface area contributed by atoms with Crippen LogP contribution in [-0.4, -0.2) is 35.6 Å². The van der Waals surface area contributed by atoms with Crippen LogP contribution in [0.25, 0.3) is 0 Å². The zero-order valence-electron chi connectivity index (χ0n) is 7.83. The van der Waals surface area contributed by atoms with Crippen LogP contribution in [0.15, 0.2) is 12.7 Å². The minimum atomic E-state index is -0.930. The zero-order chi connectivity index (χ0) is 10.8. The second kappa shape index (κ2) is 3.56. The Morgan fingerprint density at radius 1 is 1.60 bits per heavy atom. The number of aryl methyl sites for hydroxylation is 1. The van der Waals surface area contributed by atoms with E-state index in [1.54, 1.807) is 6.92 Å². The van der Waals surface area contributed by atoms with Gasteiger partial charge in [-0.1, -0.05) is 6.92 Å². The van der Waals surface area contributed by atoms with Gasteiger partial charge in [0, 0.05) is 6.42 Å². The van der Waals surface area contributed by atoms with Gasteiger partial charge in [0.05, 0.1) is 0 Å². The molecule has 0 atom stereocenters. The molecule has 2 aromatic heterocycles. The first-order valence-electron chi connectivity index (χ1n) is 4.23. The van der Waals surface area contributed by atoms with Gasteiger partial charge >= 0.3 is 12.1 Å². The van der Waals surface area contributed by atoms with Crippen LogP contribution in [0.3, 0.4) is 0 Å². The molecule has 0 fully saturated rings. The zero-order valence-corrected chi connectivity index (χ0v) is 7.83. The van der Waals surface area contributed by atoms with E-state index >= 15 is 0 Å². The minimum Gasteiger partial charge on any atom is -0.243 e. The molecular formula is C7H7FN6O. The van der Waals surface area contributed by atoms with Crippen LogP contribution in [0.1, 0.15) is 12.7 Å². The molecule has 0 amide bonds. The Morgan fingerprint density at radius 3 is 3.00 bits per heavy atom. The molecule has 0 aliphatic carbocycles. The predicted molar refractivity (Wildman–Crippen MR) is 45.6 cm³/mol. The lowest BCUT2D eigenvalue weighted by molar-refractivity contribution is 0.236. The average Bonchev–Trinajstić information content (AvgIpc) is 2.84. The summed E-state index contributed by atoms with van der Waals surface area (Å²) >= 11 is 0. The summed E-state index contributed by atoms with van der Waals surface area (Å²) in [6, 6.07) is -0.610. The number of rotatable bonds is 1. The van der Waals surface area contributed by atoms with Crippen molar-refractivity contribution < 1.29 is 9.18 Å². The Morgan fingerprint density at radius 2 is 2.40 bits per heavy atom. The van der Waals surface area contributed by atoms with E-state index in [9.17, 15) is 9.18 Å². The van der Waals surface area contributed by atoms with Crippen LogP contribution >= 0.6 is 0 Å². The molecule has 0 N–H and O–H groups in total. The van der Waals surface area contributed by atoms with Gasteiger partial charge in [-0.3, -0.25) is 0 Å². The summed E-state index contributed by atoms with van der Waals surface area (Å²) < 4.78 is 14.6. The van der Waals surface area contributed by atoms with Crippen molar-refractivity contribution in [3.63, 3.8) is 0 Å². The normalized spacial score (nSPS) is 10.5. The fourth-order valence-corrected chi connectivity index (χ4v) is 1.10. The van der Waals surface area contributed by atoms with Gasteiger partial charge < -0.3 is 0 Å². The van der Waals surface area contributed by atoms with Crippen molar-refractivity contribution in [3.05, 3.63) is 24.6 Å². The van der Waals surface area contributed by atoms with Gasteiger partial charge in [-0.15, -0.1) is 5.10 Å². The Hall–Kier alpha value is -2.12. The van der Waals surface area contributed by atoms with Crippen LogP contribution in [0.5, 0.6) is 0 Å². The Balaban J connectivity index is 2.41. The van der Waals surface area contributed by atoms with E-state index in [0.29, 0.717) is 6.42 Å². The van der Waals surface area contributed by atoms with Crippen LogP contribution in [0.4, 0.5) is 9.18 Å². The molecule has 0 saturated carbocycles. The highest BCUT2D eigenvalue weighted by Gasteiger charge is 2.16. The maximum absolute atomic E-state index is 12.7. The third kappa shape index (κ3) is 1.60. The molecule has 0 spiro atoms. The molecule has 7 nitrogen and oxygen atoms in total. The van der Waals surface area contributed by atoms with Gasteiger partial charge in [0.1, 0.15) is 18.5 Å². The highest BCUT2D eigenvalue weighted by atomic mass is 19.1. The summed E-state index contributed by atoms with van der Waals surface area (Å²) in [6.07, 6.45) is 1.88. The fourth-order valence-electron chi connectivity index (χ4n) is 1.10. The van der Waals surface area contributed by atoms with Gasteiger partial charge in [-0.2, -0.15) is 23.8 Å². The molecule has 2 aromatic rings. The maximum Gasteiger partial charge on any atom is 0.372 e. The molecule has 8 heteroatoms. The third-order valence-electron chi connectivity index (χ3n) is 1.76. The molecule has 78 valence electrons. The van der Waals surface area contributed by atoms with Crippen molar-refractivity contribution in [2.24, 2.45) is 0 Å². The second-order valence-corrected chi connectivity index (χ2v) is 2.69. The number of hydrogen-bond acceptors (Lipinski definition) is 5. The van der Waals surface area contributed by atoms with Crippen molar-refractivity contribution in [1.82, 2.24) is 29.5 Å². The number of halogens is 1. The summed E-state index contributed by atoms with van der Waals surface area (Å²) in [5.74, 6) is 0.244. The lowest BCUT2D eigenvalue weighted by atomic mass is 10.5. The van der Waals surface area contributed by atoms with Gasteiger partial charge in [0.2, 0.25) is 0 Å². The first kappa shape index (κ1) is 9.44. The monoisotopic (exact) mass is 210 g/mol. The van der Waals surface area contributed by atoms with E-state index in [-0.39, 0.29) is 5.82 Å². The van der Waals surface area contributed by atoms with Gasteiger partial charge in [-0.25, -0.2) is 9.78 Å². The maximum atomic E-state index is 12.7. The average molecular weight is 210 g/mol. The highest BCUT2D eigenvalue weighted by Crippen LogP contribution is 1.99. The van der Waals surface area contributed by atoms with Gasteiger partial charge in [-0.05, 0) is 0 Å². The van der Waals surface area contributed by atoms with Gasteiger partial charge in [0.15, 0.2) is 0 Å². The number of aromatic nitrogens is 6. The van der Waals surface area contributed by atoms with Gasteiger partial charge in [0.25, 0.3) is 0 Å². The molecule has 0 unspecified atom stereocenters. The van der Waals surface area contributed by atoms with E-state index in [1.807, 2.05) is 0 Å². The van der Waals surface area contributed by atoms with Crippen molar-refractivity contribution >= 4 is 6.03 Å². The molecule has 0 aliphatic rings. The van der Waals surface area contributed by atoms with E-state index in [1.165, 1.54) is 12.7 Å². The fraction of sp³-hybridized carbons (Fsp3) is 0.286. The highest BCUT2D eigenvalue weighted by molar-refractivity contribution is 5.77. The Bertz CT molecular complexity index is 476. The summed E-state index contributed by atoms with van der Waals surface area (Å²) in [5.41, 5.74) is 0. The van der Waals surface area contributed by atoms with Crippen molar-refractivity contribution in [2.75, 3.05) is 0 Å². The van der Waals surface area contributed by atoms with E-state index in [4.69, 9.17) is 0 Å². The molecule has 0 aliphatic heterocycles. The predicted octanol–water partition coefficient (Wildman–Crippen LogP) is 0.0875. The van der Waals surface area contributed by atoms with Crippen molar-refractivity contribution in [2.45, 2.75) is 13.3 Å². The standard InChI is InChI=1S/C7H7FN6O/c1-2-5-11-6(8)12-14(5)7(15)13-4-9-3-10-13/h3-4H,2H2,1H3. The van der Waals surface area contributed by atoms with Crippen LogP contribution in [0, 0.1) is 6.08 Å². The number of hydrogen-bond donors (Lipinski definition) is 0. The number of carbonyl (C=O) groups excluding carboxylic acids is 1. The van der Waals surface area contributed by atoms with Crippen LogP contribution < -0.4 is 0 Å². The first-order chi connectivity index (χ1) is 7.22.